The second-order valence-electron chi connectivity index (χ2n) is 10.3. The number of benzene rings is 2. The van der Waals surface area contributed by atoms with Gasteiger partial charge in [-0.05, 0) is 98.2 Å². The number of hydrogen-bond acceptors (Lipinski definition) is 7. The minimum Gasteiger partial charge on any atom is -0.457 e. The average Bonchev–Trinajstić information content (AvgIpc) is 3.79. The van der Waals surface area contributed by atoms with Gasteiger partial charge >= 0.3 is 0 Å². The van der Waals surface area contributed by atoms with E-state index in [2.05, 4.69) is 21.3 Å². The maximum Gasteiger partial charge on any atom is 0.256 e. The summed E-state index contributed by atoms with van der Waals surface area (Å²) in [7, 11) is 3.18. The van der Waals surface area contributed by atoms with Crippen LogP contribution in [-0.4, -0.2) is 37.7 Å². The highest BCUT2D eigenvalue weighted by Crippen LogP contribution is 2.40. The van der Waals surface area contributed by atoms with Crippen LogP contribution in [-0.2, 0) is 25.7 Å². The fourth-order valence-corrected chi connectivity index (χ4v) is 8.11. The number of fused-ring (bicyclic) bond motifs is 2. The van der Waals surface area contributed by atoms with Crippen molar-refractivity contribution in [1.29, 1.82) is 0 Å². The molecule has 0 bridgehead atoms. The summed E-state index contributed by atoms with van der Waals surface area (Å²) in [6, 6.07) is 13.4. The van der Waals surface area contributed by atoms with E-state index in [1.54, 1.807) is 62.6 Å². The Labute approximate surface area is 256 Å². The molecule has 2 aliphatic carbocycles. The molecule has 0 spiro atoms. The Balaban J connectivity index is 1.09. The van der Waals surface area contributed by atoms with Gasteiger partial charge in [0.15, 0.2) is 0 Å². The van der Waals surface area contributed by atoms with E-state index in [9.17, 15) is 19.2 Å². The lowest BCUT2D eigenvalue weighted by molar-refractivity contribution is 0.0954. The molecular formula is C32H30N4O5S2. The molecule has 220 valence electrons. The number of rotatable bonds is 8. The summed E-state index contributed by atoms with van der Waals surface area (Å²) in [5.41, 5.74) is 4.08. The first-order chi connectivity index (χ1) is 20.9. The van der Waals surface area contributed by atoms with Crippen LogP contribution in [0.2, 0.25) is 0 Å². The zero-order valence-corrected chi connectivity index (χ0v) is 25.4. The van der Waals surface area contributed by atoms with Crippen LogP contribution >= 0.6 is 22.7 Å². The molecule has 0 fully saturated rings. The second kappa shape index (κ2) is 12.0. The average molecular weight is 615 g/mol. The number of anilines is 2. The third-order valence-electron chi connectivity index (χ3n) is 7.67. The van der Waals surface area contributed by atoms with Gasteiger partial charge in [-0.15, -0.1) is 22.7 Å². The molecule has 0 saturated heterocycles. The number of carbonyl (C=O) groups is 4. The Bertz CT molecular complexity index is 1610. The highest BCUT2D eigenvalue weighted by Gasteiger charge is 2.28. The maximum atomic E-state index is 13.0. The summed E-state index contributed by atoms with van der Waals surface area (Å²) in [6.07, 6.45) is 5.58. The minimum absolute atomic E-state index is 0.189. The van der Waals surface area contributed by atoms with Crippen LogP contribution < -0.4 is 26.0 Å². The number of carbonyl (C=O) groups excluding carboxylic acids is 4. The van der Waals surface area contributed by atoms with Gasteiger partial charge in [0.2, 0.25) is 0 Å². The molecule has 2 heterocycles. The quantitative estimate of drug-likeness (QED) is 0.200. The van der Waals surface area contributed by atoms with E-state index in [0.29, 0.717) is 43.8 Å². The van der Waals surface area contributed by atoms with Crippen molar-refractivity contribution in [2.75, 3.05) is 24.7 Å². The van der Waals surface area contributed by atoms with Crippen molar-refractivity contribution in [2.24, 2.45) is 0 Å². The van der Waals surface area contributed by atoms with Gasteiger partial charge in [-0.3, -0.25) is 19.2 Å². The number of thiophene rings is 2. The van der Waals surface area contributed by atoms with E-state index in [1.165, 1.54) is 22.7 Å². The molecule has 4 aromatic rings. The summed E-state index contributed by atoms with van der Waals surface area (Å²) in [5.74, 6) is 0.0670. The lowest BCUT2D eigenvalue weighted by Gasteiger charge is -2.10. The summed E-state index contributed by atoms with van der Waals surface area (Å²) in [6.45, 7) is 0. The van der Waals surface area contributed by atoms with Crippen LogP contribution in [0.3, 0.4) is 0 Å². The standard InChI is InChI=1S/C32H30N4O5S2/c1-33-29(39)25-21-5-3-7-23(21)42-31(25)35-27(37)17-9-13-19(14-10-17)41-20-15-11-18(12-16-20)28(38)36-32-26(30(40)34-2)22-6-4-8-24(22)43-32/h9-16H,3-8H2,1-2H3,(H,33,39)(H,34,40)(H,35,37)(H,36,38). The normalized spacial score (nSPS) is 13.2. The van der Waals surface area contributed by atoms with Gasteiger partial charge < -0.3 is 26.0 Å². The van der Waals surface area contributed by atoms with Crippen LogP contribution in [0.15, 0.2) is 48.5 Å². The van der Waals surface area contributed by atoms with Crippen LogP contribution in [0.25, 0.3) is 0 Å². The minimum atomic E-state index is -0.303. The lowest BCUT2D eigenvalue weighted by Crippen LogP contribution is -2.21. The summed E-state index contributed by atoms with van der Waals surface area (Å²) < 4.78 is 5.93. The van der Waals surface area contributed by atoms with Crippen molar-refractivity contribution in [3.63, 3.8) is 0 Å². The number of amides is 4. The molecule has 43 heavy (non-hydrogen) atoms. The van der Waals surface area contributed by atoms with Crippen LogP contribution in [0, 0.1) is 0 Å². The van der Waals surface area contributed by atoms with Crippen molar-refractivity contribution in [2.45, 2.75) is 38.5 Å². The maximum absolute atomic E-state index is 13.0. The van der Waals surface area contributed by atoms with Gasteiger partial charge in [0.25, 0.3) is 23.6 Å². The fraction of sp³-hybridized carbons (Fsp3) is 0.250. The Morgan fingerprint density at radius 2 is 0.977 bits per heavy atom. The molecule has 0 atom stereocenters. The van der Waals surface area contributed by atoms with E-state index < -0.39 is 0 Å². The molecule has 0 saturated carbocycles. The predicted molar refractivity (Wildman–Crippen MR) is 168 cm³/mol. The Kier molecular flexibility index (Phi) is 8.00. The molecule has 0 unspecified atom stereocenters. The van der Waals surface area contributed by atoms with Gasteiger partial charge in [-0.25, -0.2) is 0 Å². The highest BCUT2D eigenvalue weighted by atomic mass is 32.1. The van der Waals surface area contributed by atoms with Crippen molar-refractivity contribution in [1.82, 2.24) is 10.6 Å². The van der Waals surface area contributed by atoms with E-state index in [4.69, 9.17) is 4.74 Å². The van der Waals surface area contributed by atoms with Crippen molar-refractivity contribution in [3.05, 3.63) is 91.7 Å². The first-order valence-electron chi connectivity index (χ1n) is 14.1. The molecule has 0 aliphatic heterocycles. The lowest BCUT2D eigenvalue weighted by atomic mass is 10.1. The fourth-order valence-electron chi connectivity index (χ4n) is 5.55. The topological polar surface area (TPSA) is 126 Å². The molecule has 2 aromatic carbocycles. The first kappa shape index (κ1) is 28.6. The van der Waals surface area contributed by atoms with Crippen LogP contribution in [0.5, 0.6) is 11.5 Å². The summed E-state index contributed by atoms with van der Waals surface area (Å²) in [5, 5.41) is 12.3. The Morgan fingerprint density at radius 1 is 0.581 bits per heavy atom. The molecule has 2 aliphatic rings. The zero-order valence-electron chi connectivity index (χ0n) is 23.7. The predicted octanol–water partition coefficient (Wildman–Crippen LogP) is 5.80. The summed E-state index contributed by atoms with van der Waals surface area (Å²) in [4.78, 5) is 53.3. The third-order valence-corrected chi connectivity index (χ3v) is 10.1. The molecule has 9 nitrogen and oxygen atoms in total. The van der Waals surface area contributed by atoms with Gasteiger partial charge in [0, 0.05) is 35.0 Å². The smallest absolute Gasteiger partial charge is 0.256 e. The van der Waals surface area contributed by atoms with Crippen molar-refractivity contribution >= 4 is 56.3 Å². The molecular weight excluding hydrogens is 585 g/mol. The highest BCUT2D eigenvalue weighted by molar-refractivity contribution is 7.17. The van der Waals surface area contributed by atoms with Crippen LogP contribution in [0.1, 0.15) is 75.2 Å². The number of nitrogens with one attached hydrogen (secondary N) is 4. The molecule has 11 heteroatoms. The Morgan fingerprint density at radius 3 is 1.35 bits per heavy atom. The van der Waals surface area contributed by atoms with Crippen LogP contribution in [0.4, 0.5) is 10.0 Å². The number of ether oxygens (including phenoxy) is 1. The zero-order chi connectivity index (χ0) is 30.1. The summed E-state index contributed by atoms with van der Waals surface area (Å²) >= 11 is 2.94. The number of aryl methyl sites for hydroxylation is 2. The number of hydrogen-bond donors (Lipinski definition) is 4. The van der Waals surface area contributed by atoms with E-state index in [0.717, 1.165) is 59.4 Å². The SMILES string of the molecule is CNC(=O)c1c(NC(=O)c2ccc(Oc3ccc(C(=O)Nc4sc5c(c4C(=O)NC)CCC5)cc3)cc2)sc2c1CCC2. The van der Waals surface area contributed by atoms with Gasteiger partial charge in [0.1, 0.15) is 21.5 Å². The van der Waals surface area contributed by atoms with Gasteiger partial charge in [0.05, 0.1) is 11.1 Å². The molecule has 4 N–H and O–H groups in total. The van der Waals surface area contributed by atoms with Gasteiger partial charge in [-0.2, -0.15) is 0 Å². The third kappa shape index (κ3) is 5.65. The van der Waals surface area contributed by atoms with E-state index >= 15 is 0 Å². The van der Waals surface area contributed by atoms with Crippen molar-refractivity contribution < 1.29 is 23.9 Å². The van der Waals surface area contributed by atoms with E-state index in [1.807, 2.05) is 0 Å². The second-order valence-corrected chi connectivity index (χ2v) is 12.6. The van der Waals surface area contributed by atoms with E-state index in [-0.39, 0.29) is 23.6 Å². The molecule has 2 aromatic heterocycles. The Hall–Kier alpha value is -4.48. The first-order valence-corrected chi connectivity index (χ1v) is 15.7. The largest absolute Gasteiger partial charge is 0.457 e. The van der Waals surface area contributed by atoms with Crippen molar-refractivity contribution in [3.8, 4) is 11.5 Å². The van der Waals surface area contributed by atoms with Gasteiger partial charge in [-0.1, -0.05) is 0 Å². The molecule has 6 rings (SSSR count). The monoisotopic (exact) mass is 614 g/mol. The molecule has 4 amide bonds. The molecule has 0 radical (unpaired) electrons.